The van der Waals surface area contributed by atoms with Crippen molar-refractivity contribution in [2.24, 2.45) is 5.92 Å². The number of unbranched alkanes of at least 4 members (excludes halogenated alkanes) is 3. The third-order valence-corrected chi connectivity index (χ3v) is 22.2. The Kier molecular flexibility index (Phi) is 11.7. The molecule has 2 atom stereocenters. The van der Waals surface area contributed by atoms with Crippen LogP contribution in [0.25, 0.3) is 0 Å². The Labute approximate surface area is 194 Å². The van der Waals surface area contributed by atoms with Gasteiger partial charge in [0, 0.05) is 0 Å². The Morgan fingerprint density at radius 3 is 2.16 bits per heavy atom. The standard InChI is InChI=1S/C14H18NO3.3C4H9.Sn/c1-10-13(7-4-8-15-10)18-12-6-3-5-11(9-12)14(16)17-2;3*1-3-4-2;/h4,7,11-12H,3,5-6,9H2,1-2H3;3*1,3-4H2,2H3;/t11-,12-;;;;/m0..../s1. The van der Waals surface area contributed by atoms with Crippen molar-refractivity contribution in [1.82, 2.24) is 4.98 Å². The van der Waals surface area contributed by atoms with Crippen LogP contribution in [-0.4, -0.2) is 42.5 Å². The quantitative estimate of drug-likeness (QED) is 0.211. The van der Waals surface area contributed by atoms with Crippen LogP contribution in [-0.2, 0) is 9.53 Å². The number of aromatic nitrogens is 1. The molecule has 0 unspecified atom stereocenters. The molecule has 2 rings (SSSR count). The molecule has 0 bridgehead atoms. The van der Waals surface area contributed by atoms with E-state index in [-0.39, 0.29) is 18.0 Å². The van der Waals surface area contributed by atoms with Crippen molar-refractivity contribution in [2.75, 3.05) is 7.11 Å². The molecule has 0 amide bonds. The number of nitrogens with zero attached hydrogens (tertiary/aromatic N) is 1. The minimum absolute atomic E-state index is 0.0303. The second-order valence-corrected chi connectivity index (χ2v) is 22.5. The summed E-state index contributed by atoms with van der Waals surface area (Å²) in [6.45, 7) is 9.06. The van der Waals surface area contributed by atoms with E-state index in [1.165, 1.54) is 62.7 Å². The summed E-state index contributed by atoms with van der Waals surface area (Å²) in [6, 6.07) is 4.51. The molecule has 0 aromatic carbocycles. The fourth-order valence-corrected chi connectivity index (χ4v) is 20.6. The second kappa shape index (κ2) is 13.7. The number of hydrogen-bond donors (Lipinski definition) is 0. The van der Waals surface area contributed by atoms with Crippen LogP contribution in [0.4, 0.5) is 0 Å². The van der Waals surface area contributed by atoms with Gasteiger partial charge in [0.1, 0.15) is 0 Å². The molecule has 1 saturated carbocycles. The van der Waals surface area contributed by atoms with Crippen LogP contribution in [0.3, 0.4) is 0 Å². The molecule has 176 valence electrons. The van der Waals surface area contributed by atoms with Gasteiger partial charge < -0.3 is 0 Å². The van der Waals surface area contributed by atoms with Crippen LogP contribution >= 0.6 is 0 Å². The summed E-state index contributed by atoms with van der Waals surface area (Å²) in [5, 5.41) is 0. The van der Waals surface area contributed by atoms with E-state index in [0.29, 0.717) is 0 Å². The molecule has 31 heavy (non-hydrogen) atoms. The molecule has 1 aromatic heterocycles. The maximum absolute atomic E-state index is 12.0. The van der Waals surface area contributed by atoms with E-state index in [1.54, 1.807) is 0 Å². The second-order valence-electron chi connectivity index (χ2n) is 9.50. The van der Waals surface area contributed by atoms with Crippen molar-refractivity contribution in [3.05, 3.63) is 17.8 Å². The maximum atomic E-state index is 12.0. The number of aryl methyl sites for hydroxylation is 1. The van der Waals surface area contributed by atoms with Crippen molar-refractivity contribution in [2.45, 2.75) is 111 Å². The Morgan fingerprint density at radius 1 is 1.03 bits per heavy atom. The van der Waals surface area contributed by atoms with Gasteiger partial charge in [-0.2, -0.15) is 0 Å². The van der Waals surface area contributed by atoms with Crippen molar-refractivity contribution in [3.63, 3.8) is 0 Å². The molecule has 0 saturated heterocycles. The van der Waals surface area contributed by atoms with E-state index in [1.807, 2.05) is 0 Å². The number of pyridine rings is 1. The molecule has 5 heteroatoms. The van der Waals surface area contributed by atoms with E-state index in [9.17, 15) is 4.79 Å². The topological polar surface area (TPSA) is 48.4 Å². The van der Waals surface area contributed by atoms with Gasteiger partial charge in [-0.3, -0.25) is 0 Å². The van der Waals surface area contributed by atoms with Crippen LogP contribution in [0.15, 0.2) is 12.1 Å². The van der Waals surface area contributed by atoms with Crippen LogP contribution in [0.5, 0.6) is 5.75 Å². The Morgan fingerprint density at radius 2 is 1.65 bits per heavy atom. The zero-order valence-corrected chi connectivity index (χ0v) is 23.5. The van der Waals surface area contributed by atoms with E-state index >= 15 is 0 Å². The molecule has 0 N–H and O–H groups in total. The van der Waals surface area contributed by atoms with Gasteiger partial charge in [-0.15, -0.1) is 0 Å². The van der Waals surface area contributed by atoms with E-state index in [4.69, 9.17) is 14.5 Å². The van der Waals surface area contributed by atoms with Crippen LogP contribution in [0.2, 0.25) is 13.3 Å². The molecule has 1 aliphatic rings. The summed E-state index contributed by atoms with van der Waals surface area (Å²) in [4.78, 5) is 17.2. The van der Waals surface area contributed by atoms with Crippen molar-refractivity contribution in [1.29, 1.82) is 0 Å². The van der Waals surface area contributed by atoms with Gasteiger partial charge in [0.2, 0.25) is 0 Å². The first-order valence-electron chi connectivity index (χ1n) is 12.7. The molecular weight excluding hydrogens is 493 g/mol. The van der Waals surface area contributed by atoms with Crippen molar-refractivity contribution < 1.29 is 14.3 Å². The number of carbonyl (C=O) groups excluding carboxylic acids is 1. The summed E-state index contributed by atoms with van der Waals surface area (Å²) in [6.07, 6.45) is 11.6. The number of esters is 1. The summed E-state index contributed by atoms with van der Waals surface area (Å²) in [7, 11) is 1.48. The zero-order chi connectivity index (χ0) is 22.7. The minimum atomic E-state index is -2.51. The van der Waals surface area contributed by atoms with Crippen molar-refractivity contribution >= 4 is 28.1 Å². The number of hydrogen-bond acceptors (Lipinski definition) is 4. The van der Waals surface area contributed by atoms with Gasteiger partial charge in [0.05, 0.1) is 0 Å². The van der Waals surface area contributed by atoms with E-state index < -0.39 is 18.4 Å². The Hall–Kier alpha value is -0.781. The van der Waals surface area contributed by atoms with E-state index in [2.05, 4.69) is 39.8 Å². The first-order chi connectivity index (χ1) is 15.0. The molecule has 0 radical (unpaired) electrons. The van der Waals surface area contributed by atoms with Crippen LogP contribution in [0.1, 0.15) is 90.7 Å². The zero-order valence-electron chi connectivity index (χ0n) is 20.7. The van der Waals surface area contributed by atoms with Gasteiger partial charge in [-0.25, -0.2) is 0 Å². The summed E-state index contributed by atoms with van der Waals surface area (Å²) in [5.74, 6) is 0.776. The van der Waals surface area contributed by atoms with E-state index in [0.717, 1.165) is 37.1 Å². The molecule has 1 fully saturated rings. The fraction of sp³-hybridized carbons (Fsp3) is 0.769. The third kappa shape index (κ3) is 7.64. The van der Waals surface area contributed by atoms with Gasteiger partial charge in [-0.1, -0.05) is 0 Å². The fourth-order valence-electron chi connectivity index (χ4n) is 5.09. The number of ether oxygens (including phenoxy) is 2. The molecule has 1 aliphatic carbocycles. The molecule has 0 aliphatic heterocycles. The average molecular weight is 538 g/mol. The monoisotopic (exact) mass is 539 g/mol. The summed E-state index contributed by atoms with van der Waals surface area (Å²) in [5.41, 5.74) is 1.03. The summed E-state index contributed by atoms with van der Waals surface area (Å²) >= 11 is -2.51. The molecule has 4 nitrogen and oxygen atoms in total. The van der Waals surface area contributed by atoms with Crippen LogP contribution < -0.4 is 8.45 Å². The number of rotatable bonds is 13. The Bertz CT molecular complexity index is 657. The van der Waals surface area contributed by atoms with Gasteiger partial charge in [0.15, 0.2) is 0 Å². The van der Waals surface area contributed by atoms with Gasteiger partial charge >= 0.3 is 195 Å². The molecular formula is C26H45NO3Sn. The third-order valence-electron chi connectivity index (χ3n) is 7.06. The molecule has 1 heterocycles. The predicted molar refractivity (Wildman–Crippen MR) is 132 cm³/mol. The normalized spacial score (nSPS) is 19.3. The van der Waals surface area contributed by atoms with Crippen LogP contribution in [0, 0.1) is 12.8 Å². The van der Waals surface area contributed by atoms with Crippen molar-refractivity contribution in [3.8, 4) is 5.75 Å². The van der Waals surface area contributed by atoms with Gasteiger partial charge in [0.25, 0.3) is 0 Å². The summed E-state index contributed by atoms with van der Waals surface area (Å²) < 4.78 is 17.1. The average Bonchev–Trinajstić information content (AvgIpc) is 2.80. The van der Waals surface area contributed by atoms with Gasteiger partial charge in [-0.05, 0) is 0 Å². The molecule has 0 spiro atoms. The number of carbonyl (C=O) groups is 1. The SMILES string of the molecule is CCC[CH2][Sn]([CH2]CCC)([CH2]CCC)[c]1ccc(O[C@H]2CCC[C@H](C(=O)OC)C2)c(C)n1. The predicted octanol–water partition coefficient (Wildman–Crippen LogP) is 6.56. The first kappa shape index (κ1) is 26.5. The Balaban J connectivity index is 2.20. The first-order valence-corrected chi connectivity index (χ1v) is 20.2. The number of methoxy groups -OCH3 is 1. The molecule has 1 aromatic rings.